The molecule has 3 amide bonds. The lowest BCUT2D eigenvalue weighted by molar-refractivity contribution is 0.102. The summed E-state index contributed by atoms with van der Waals surface area (Å²) in [5, 5.41) is 8.33. The molecule has 1 heterocycles. The maximum atomic E-state index is 12.4. The quantitative estimate of drug-likeness (QED) is 0.567. The molecule has 7 nitrogen and oxygen atoms in total. The molecule has 2 aromatic carbocycles. The minimum Gasteiger partial charge on any atom is -0.494 e. The molecular weight excluding hydrogens is 368 g/mol. The Bertz CT molecular complexity index is 942. The highest BCUT2D eigenvalue weighted by Gasteiger charge is 2.07. The summed E-state index contributed by atoms with van der Waals surface area (Å²) < 4.78 is 5.38. The van der Waals surface area contributed by atoms with Gasteiger partial charge in [0.15, 0.2) is 0 Å². The van der Waals surface area contributed by atoms with Crippen LogP contribution in [0.25, 0.3) is 0 Å². The van der Waals surface area contributed by atoms with Gasteiger partial charge in [-0.25, -0.2) is 4.79 Å². The fraction of sp³-hybridized carbons (Fsp3) is 0.136. The predicted octanol–water partition coefficient (Wildman–Crippen LogP) is 4.05. The van der Waals surface area contributed by atoms with E-state index in [0.29, 0.717) is 30.1 Å². The molecule has 0 aliphatic carbocycles. The Morgan fingerprint density at radius 2 is 1.48 bits per heavy atom. The molecule has 148 valence electrons. The summed E-state index contributed by atoms with van der Waals surface area (Å²) in [6.07, 6.45) is 3.35. The topological polar surface area (TPSA) is 92.4 Å². The number of anilines is 2. The van der Waals surface area contributed by atoms with Gasteiger partial charge in [-0.1, -0.05) is 0 Å². The number of hydrogen-bond acceptors (Lipinski definition) is 4. The van der Waals surface area contributed by atoms with E-state index in [-0.39, 0.29) is 11.9 Å². The SMILES string of the molecule is CCOc1ccc(NC(=O)c2ccc(NC(=O)NCc3ccncc3)cc2)cc1. The first-order valence-corrected chi connectivity index (χ1v) is 9.22. The van der Waals surface area contributed by atoms with Crippen LogP contribution in [0.2, 0.25) is 0 Å². The molecular formula is C22H22N4O3. The lowest BCUT2D eigenvalue weighted by Crippen LogP contribution is -2.28. The number of nitrogens with zero attached hydrogens (tertiary/aromatic N) is 1. The molecule has 0 unspecified atom stereocenters. The highest BCUT2D eigenvalue weighted by atomic mass is 16.5. The molecule has 0 bridgehead atoms. The largest absolute Gasteiger partial charge is 0.494 e. The van der Waals surface area contributed by atoms with Crippen LogP contribution in [0, 0.1) is 0 Å². The van der Waals surface area contributed by atoms with Crippen LogP contribution >= 0.6 is 0 Å². The van der Waals surface area contributed by atoms with Gasteiger partial charge < -0.3 is 20.7 Å². The third-order valence-corrected chi connectivity index (χ3v) is 4.03. The van der Waals surface area contributed by atoms with E-state index in [1.807, 2.05) is 19.1 Å². The van der Waals surface area contributed by atoms with Crippen LogP contribution in [-0.4, -0.2) is 23.5 Å². The van der Waals surface area contributed by atoms with Crippen molar-refractivity contribution in [3.63, 3.8) is 0 Å². The van der Waals surface area contributed by atoms with Gasteiger partial charge in [0.25, 0.3) is 5.91 Å². The van der Waals surface area contributed by atoms with Crippen LogP contribution in [0.3, 0.4) is 0 Å². The van der Waals surface area contributed by atoms with Crippen LogP contribution in [0.15, 0.2) is 73.1 Å². The van der Waals surface area contributed by atoms with Crippen molar-refractivity contribution in [2.45, 2.75) is 13.5 Å². The second-order valence-electron chi connectivity index (χ2n) is 6.15. The van der Waals surface area contributed by atoms with Crippen molar-refractivity contribution < 1.29 is 14.3 Å². The fourth-order valence-electron chi connectivity index (χ4n) is 2.57. The Morgan fingerprint density at radius 1 is 0.862 bits per heavy atom. The van der Waals surface area contributed by atoms with Crippen LogP contribution in [0.4, 0.5) is 16.2 Å². The van der Waals surface area contributed by atoms with Gasteiger partial charge in [0.05, 0.1) is 6.61 Å². The molecule has 7 heteroatoms. The minimum atomic E-state index is -0.326. The van der Waals surface area contributed by atoms with E-state index in [2.05, 4.69) is 20.9 Å². The number of ether oxygens (including phenoxy) is 1. The molecule has 0 saturated heterocycles. The van der Waals surface area contributed by atoms with Crippen molar-refractivity contribution >= 4 is 23.3 Å². The Kier molecular flexibility index (Phi) is 6.78. The van der Waals surface area contributed by atoms with E-state index < -0.39 is 0 Å². The van der Waals surface area contributed by atoms with Crippen molar-refractivity contribution in [2.75, 3.05) is 17.2 Å². The highest BCUT2D eigenvalue weighted by Crippen LogP contribution is 2.17. The monoisotopic (exact) mass is 390 g/mol. The van der Waals surface area contributed by atoms with E-state index >= 15 is 0 Å². The number of benzene rings is 2. The van der Waals surface area contributed by atoms with Crippen molar-refractivity contribution in [2.24, 2.45) is 0 Å². The summed E-state index contributed by atoms with van der Waals surface area (Å²) in [6, 6.07) is 17.2. The first-order valence-electron chi connectivity index (χ1n) is 9.22. The van der Waals surface area contributed by atoms with E-state index in [1.54, 1.807) is 60.9 Å². The Labute approximate surface area is 169 Å². The second kappa shape index (κ2) is 9.89. The zero-order valence-corrected chi connectivity index (χ0v) is 16.0. The number of amides is 3. The van der Waals surface area contributed by atoms with Crippen LogP contribution < -0.4 is 20.7 Å². The van der Waals surface area contributed by atoms with Crippen LogP contribution in [-0.2, 0) is 6.54 Å². The highest BCUT2D eigenvalue weighted by molar-refractivity contribution is 6.04. The molecule has 0 aliphatic heterocycles. The fourth-order valence-corrected chi connectivity index (χ4v) is 2.57. The molecule has 0 fully saturated rings. The zero-order chi connectivity index (χ0) is 20.5. The Hall–Kier alpha value is -3.87. The summed E-state index contributed by atoms with van der Waals surface area (Å²) in [5.74, 6) is 0.519. The van der Waals surface area contributed by atoms with E-state index in [4.69, 9.17) is 4.74 Å². The number of carbonyl (C=O) groups excluding carboxylic acids is 2. The molecule has 0 spiro atoms. The molecule has 0 aliphatic rings. The summed E-state index contributed by atoms with van der Waals surface area (Å²) in [5.41, 5.74) is 2.71. The summed E-state index contributed by atoms with van der Waals surface area (Å²) in [4.78, 5) is 28.3. The molecule has 0 atom stereocenters. The van der Waals surface area contributed by atoms with Crippen molar-refractivity contribution in [1.82, 2.24) is 10.3 Å². The molecule has 3 rings (SSSR count). The van der Waals surface area contributed by atoms with E-state index in [1.165, 1.54) is 0 Å². The summed E-state index contributed by atoms with van der Waals surface area (Å²) in [6.45, 7) is 2.91. The molecule has 29 heavy (non-hydrogen) atoms. The lowest BCUT2D eigenvalue weighted by atomic mass is 10.2. The number of hydrogen-bond donors (Lipinski definition) is 3. The summed E-state index contributed by atoms with van der Waals surface area (Å²) >= 11 is 0. The average Bonchev–Trinajstić information content (AvgIpc) is 2.75. The van der Waals surface area contributed by atoms with Crippen molar-refractivity contribution in [3.05, 3.63) is 84.2 Å². The van der Waals surface area contributed by atoms with Crippen LogP contribution in [0.5, 0.6) is 5.75 Å². The van der Waals surface area contributed by atoms with Gasteiger partial charge in [0, 0.05) is 35.9 Å². The Morgan fingerprint density at radius 3 is 2.14 bits per heavy atom. The van der Waals surface area contributed by atoms with Gasteiger partial charge in [0.1, 0.15) is 5.75 Å². The van der Waals surface area contributed by atoms with Crippen LogP contribution in [0.1, 0.15) is 22.8 Å². The second-order valence-corrected chi connectivity index (χ2v) is 6.15. The number of pyridine rings is 1. The van der Waals surface area contributed by atoms with Gasteiger partial charge in [-0.15, -0.1) is 0 Å². The number of nitrogens with one attached hydrogen (secondary N) is 3. The lowest BCUT2D eigenvalue weighted by Gasteiger charge is -2.09. The maximum Gasteiger partial charge on any atom is 0.319 e. The third kappa shape index (κ3) is 6.07. The zero-order valence-electron chi connectivity index (χ0n) is 16.0. The molecule has 3 N–H and O–H groups in total. The van der Waals surface area contributed by atoms with Crippen molar-refractivity contribution in [1.29, 1.82) is 0 Å². The first kappa shape index (κ1) is 19.9. The predicted molar refractivity (Wildman–Crippen MR) is 112 cm³/mol. The summed E-state index contributed by atoms with van der Waals surface area (Å²) in [7, 11) is 0. The molecule has 1 aromatic heterocycles. The molecule has 0 saturated carbocycles. The average molecular weight is 390 g/mol. The minimum absolute atomic E-state index is 0.233. The van der Waals surface area contributed by atoms with E-state index in [9.17, 15) is 9.59 Å². The van der Waals surface area contributed by atoms with Gasteiger partial charge in [0.2, 0.25) is 0 Å². The third-order valence-electron chi connectivity index (χ3n) is 4.03. The molecule has 3 aromatic rings. The Balaban J connectivity index is 1.51. The van der Waals surface area contributed by atoms with E-state index in [0.717, 1.165) is 11.3 Å². The number of rotatable bonds is 7. The van der Waals surface area contributed by atoms with Gasteiger partial charge in [-0.05, 0) is 73.2 Å². The van der Waals surface area contributed by atoms with Crippen molar-refractivity contribution in [3.8, 4) is 5.75 Å². The number of carbonyl (C=O) groups is 2. The first-order chi connectivity index (χ1) is 14.1. The standard InChI is InChI=1S/C22H22N4O3/c1-2-29-20-9-7-18(8-10-20)25-21(27)17-3-5-19(6-4-17)26-22(28)24-15-16-11-13-23-14-12-16/h3-14H,2,15H2,1H3,(H,25,27)(H2,24,26,28). The smallest absolute Gasteiger partial charge is 0.319 e. The maximum absolute atomic E-state index is 12.4. The molecule has 0 radical (unpaired) electrons. The van der Waals surface area contributed by atoms with Gasteiger partial charge >= 0.3 is 6.03 Å². The normalized spacial score (nSPS) is 10.1. The number of aromatic nitrogens is 1. The van der Waals surface area contributed by atoms with Gasteiger partial charge in [-0.3, -0.25) is 9.78 Å². The number of urea groups is 1. The van der Waals surface area contributed by atoms with Gasteiger partial charge in [-0.2, -0.15) is 0 Å².